The summed E-state index contributed by atoms with van der Waals surface area (Å²) >= 11 is 0. The Bertz CT molecular complexity index is 1790. The average Bonchev–Trinajstić information content (AvgIpc) is 3.67. The van der Waals surface area contributed by atoms with Crippen LogP contribution in [-0.4, -0.2) is 107 Å². The molecular formula is C44H63N7O5. The van der Waals surface area contributed by atoms with Gasteiger partial charge in [0.25, 0.3) is 0 Å². The van der Waals surface area contributed by atoms with Crippen LogP contribution in [0.2, 0.25) is 0 Å². The molecule has 0 atom stereocenters. The first-order chi connectivity index (χ1) is 27.1. The number of hydrogen-bond acceptors (Lipinski definition) is 10. The van der Waals surface area contributed by atoms with Crippen molar-refractivity contribution in [2.45, 2.75) is 66.8 Å². The van der Waals surface area contributed by atoms with E-state index in [1.54, 1.807) is 10.6 Å². The van der Waals surface area contributed by atoms with Crippen LogP contribution in [0.25, 0.3) is 17.1 Å². The van der Waals surface area contributed by atoms with Crippen molar-refractivity contribution in [3.63, 3.8) is 0 Å². The lowest BCUT2D eigenvalue weighted by molar-refractivity contribution is -0.137. The molecule has 1 aromatic heterocycles. The highest BCUT2D eigenvalue weighted by Crippen LogP contribution is 2.33. The number of allylic oxidation sites excluding steroid dienone is 1. The number of piperidine rings is 1. The smallest absolute Gasteiger partial charge is 0.225 e. The molecule has 2 aliphatic rings. The number of benzene rings is 3. The highest BCUT2D eigenvalue weighted by atomic mass is 16.5. The Balaban J connectivity index is 0.000000974. The number of ether oxygens (including phenoxy) is 1. The van der Waals surface area contributed by atoms with Crippen molar-refractivity contribution in [3.05, 3.63) is 96.0 Å². The molecule has 4 aromatic rings. The van der Waals surface area contributed by atoms with Gasteiger partial charge in [-0.2, -0.15) is 0 Å². The number of piperazine rings is 1. The summed E-state index contributed by atoms with van der Waals surface area (Å²) in [4.78, 5) is 32.1. The number of aromatic nitrogens is 3. The van der Waals surface area contributed by atoms with Crippen LogP contribution in [0, 0.1) is 5.92 Å². The third kappa shape index (κ3) is 12.2. The van der Waals surface area contributed by atoms with Crippen LogP contribution in [0.4, 0.5) is 5.69 Å². The number of phenolic OH excluding ortho intramolecular Hbond substituents is 1. The number of nitrogens with one attached hydrogen (secondary N) is 1. The zero-order valence-corrected chi connectivity index (χ0v) is 34.7. The van der Waals surface area contributed by atoms with Gasteiger partial charge in [0.15, 0.2) is 12.1 Å². The number of carbonyl (C=O) groups excluding carboxylic acids is 2. The van der Waals surface area contributed by atoms with Crippen LogP contribution in [0.15, 0.2) is 79.1 Å². The molecular weight excluding hydrogens is 707 g/mol. The molecule has 2 aliphatic heterocycles. The molecule has 3 N–H and O–H groups in total. The molecule has 0 unspecified atom stereocenters. The number of phenols is 1. The van der Waals surface area contributed by atoms with E-state index in [2.05, 4.69) is 76.9 Å². The summed E-state index contributed by atoms with van der Waals surface area (Å²) < 4.78 is 7.26. The summed E-state index contributed by atoms with van der Waals surface area (Å²) in [5, 5.41) is 28.9. The number of amides is 1. The van der Waals surface area contributed by atoms with E-state index in [1.807, 2.05) is 69.1 Å². The maximum absolute atomic E-state index is 13.4. The Kier molecular flexibility index (Phi) is 18.7. The van der Waals surface area contributed by atoms with Gasteiger partial charge in [-0.25, -0.2) is 0 Å². The van der Waals surface area contributed by atoms with Crippen LogP contribution in [0.5, 0.6) is 11.5 Å². The highest BCUT2D eigenvalue weighted by molar-refractivity contribution is 5.79. The number of hydrogen-bond donors (Lipinski definition) is 3. The van der Waals surface area contributed by atoms with Crippen LogP contribution < -0.4 is 15.0 Å². The summed E-state index contributed by atoms with van der Waals surface area (Å²) in [6.45, 7) is 22.6. The molecule has 0 spiro atoms. The second-order valence-electron chi connectivity index (χ2n) is 13.8. The first-order valence-corrected chi connectivity index (χ1v) is 19.7. The third-order valence-electron chi connectivity index (χ3n) is 9.70. The molecule has 12 nitrogen and oxygen atoms in total. The first kappa shape index (κ1) is 45.4. The standard InChI is InChI=1S/C38H44N6O4.C3H9N.C2H6.CH4O/c1-26(2)30-7-14-35(46)34(23-30)37-40-39-36(25-45)44(37)32-8-5-28(6-9-32)24-41-17-15-29(16-18-41)38(47)43-21-19-42(20-22-43)31-10-12-33(13-11-31)48-27(3)4;1-3-4-2;2*1-2/h5-14,23,25-26,29,46H,3,15-22,24H2,1-2,4H3;4H,3H2,1-2H3;1-2H3;2H,1H3. The van der Waals surface area contributed by atoms with E-state index in [-0.39, 0.29) is 29.3 Å². The number of carbonyl (C=O) groups is 2. The Morgan fingerprint density at radius 3 is 2.05 bits per heavy atom. The monoisotopic (exact) mass is 769 g/mol. The molecule has 6 rings (SSSR count). The Morgan fingerprint density at radius 1 is 0.929 bits per heavy atom. The highest BCUT2D eigenvalue weighted by Gasteiger charge is 2.30. The van der Waals surface area contributed by atoms with Gasteiger partial charge >= 0.3 is 0 Å². The first-order valence-electron chi connectivity index (χ1n) is 19.7. The van der Waals surface area contributed by atoms with Gasteiger partial charge in [-0.1, -0.05) is 59.4 Å². The SMILES string of the molecule is C=C(C)Oc1ccc(N2CCN(C(=O)C3CCN(Cc4ccc(-n5c(C=O)nnc5-c5cc(C(C)C)ccc5O)cc4)CC3)CC2)cc1.CC.CCNC.CO. The number of nitrogens with zero attached hydrogens (tertiary/aromatic N) is 6. The molecule has 0 bridgehead atoms. The molecule has 0 saturated carbocycles. The fourth-order valence-electron chi connectivity index (χ4n) is 6.61. The van der Waals surface area contributed by atoms with E-state index in [1.165, 1.54) is 0 Å². The maximum Gasteiger partial charge on any atom is 0.225 e. The second kappa shape index (κ2) is 23.1. The molecule has 2 fully saturated rings. The van der Waals surface area contributed by atoms with E-state index in [9.17, 15) is 14.7 Å². The third-order valence-corrected chi connectivity index (χ3v) is 9.70. The number of aromatic hydroxyl groups is 1. The lowest BCUT2D eigenvalue weighted by atomic mass is 9.94. The van der Waals surface area contributed by atoms with Gasteiger partial charge in [0, 0.05) is 57.1 Å². The van der Waals surface area contributed by atoms with Gasteiger partial charge in [-0.3, -0.25) is 19.1 Å². The molecule has 3 heterocycles. The minimum Gasteiger partial charge on any atom is -0.507 e. The van der Waals surface area contributed by atoms with Crippen LogP contribution >= 0.6 is 0 Å². The van der Waals surface area contributed by atoms with E-state index in [0.717, 1.165) is 101 Å². The summed E-state index contributed by atoms with van der Waals surface area (Å²) in [7, 11) is 2.93. The second-order valence-corrected chi connectivity index (χ2v) is 13.8. The summed E-state index contributed by atoms with van der Waals surface area (Å²) in [5.41, 5.74) is 4.62. The largest absolute Gasteiger partial charge is 0.507 e. The number of aldehydes is 1. The molecule has 3 aromatic carbocycles. The predicted molar refractivity (Wildman–Crippen MR) is 226 cm³/mol. The number of aliphatic hydroxyl groups is 1. The Hall–Kier alpha value is -5.04. The zero-order chi connectivity index (χ0) is 41.2. The lowest BCUT2D eigenvalue weighted by Gasteiger charge is -2.39. The van der Waals surface area contributed by atoms with Crippen LogP contribution in [0.3, 0.4) is 0 Å². The summed E-state index contributed by atoms with van der Waals surface area (Å²) in [5.74, 6) is 2.73. The normalized spacial score (nSPS) is 14.4. The fraction of sp³-hybridized carbons (Fsp3) is 0.455. The summed E-state index contributed by atoms with van der Waals surface area (Å²) in [6, 6.07) is 21.5. The minimum atomic E-state index is 0.0632. The van der Waals surface area contributed by atoms with Crippen molar-refractivity contribution in [1.29, 1.82) is 0 Å². The minimum absolute atomic E-state index is 0.0632. The molecule has 1 amide bonds. The Labute approximate surface area is 333 Å². The number of rotatable bonds is 11. The van der Waals surface area contributed by atoms with E-state index in [4.69, 9.17) is 9.84 Å². The molecule has 2 saturated heterocycles. The van der Waals surface area contributed by atoms with Crippen molar-refractivity contribution in [3.8, 4) is 28.6 Å². The number of likely N-dealkylation sites (tertiary alicyclic amines) is 1. The van der Waals surface area contributed by atoms with Crippen molar-refractivity contribution >= 4 is 17.9 Å². The van der Waals surface area contributed by atoms with Gasteiger partial charge in [0.1, 0.15) is 11.5 Å². The number of aliphatic hydroxyl groups excluding tert-OH is 1. The predicted octanol–water partition coefficient (Wildman–Crippen LogP) is 6.91. The average molecular weight is 770 g/mol. The van der Waals surface area contributed by atoms with Gasteiger partial charge in [-0.15, -0.1) is 10.2 Å². The fourth-order valence-corrected chi connectivity index (χ4v) is 6.61. The van der Waals surface area contributed by atoms with Gasteiger partial charge in [0.05, 0.1) is 11.3 Å². The van der Waals surface area contributed by atoms with Crippen molar-refractivity contribution in [2.24, 2.45) is 5.92 Å². The van der Waals surface area contributed by atoms with E-state index >= 15 is 0 Å². The van der Waals surface area contributed by atoms with Crippen LogP contribution in [-0.2, 0) is 11.3 Å². The van der Waals surface area contributed by atoms with E-state index in [0.29, 0.717) is 23.4 Å². The molecule has 0 aliphatic carbocycles. The van der Waals surface area contributed by atoms with Crippen molar-refractivity contribution in [2.75, 3.05) is 64.9 Å². The molecule has 0 radical (unpaired) electrons. The quantitative estimate of drug-likeness (QED) is 0.109. The zero-order valence-electron chi connectivity index (χ0n) is 34.7. The Morgan fingerprint density at radius 2 is 1.52 bits per heavy atom. The lowest BCUT2D eigenvalue weighted by Crippen LogP contribution is -2.51. The summed E-state index contributed by atoms with van der Waals surface area (Å²) in [6.07, 6.45) is 2.39. The molecule has 304 valence electrons. The van der Waals surface area contributed by atoms with Crippen molar-refractivity contribution < 1.29 is 24.5 Å². The molecule has 56 heavy (non-hydrogen) atoms. The topological polar surface area (TPSA) is 136 Å². The van der Waals surface area contributed by atoms with Gasteiger partial charge in [0.2, 0.25) is 11.7 Å². The van der Waals surface area contributed by atoms with Gasteiger partial charge in [-0.05, 0) is 112 Å². The molecule has 12 heteroatoms. The number of anilines is 1. The van der Waals surface area contributed by atoms with E-state index < -0.39 is 0 Å². The van der Waals surface area contributed by atoms with Crippen LogP contribution in [0.1, 0.15) is 82.0 Å². The maximum atomic E-state index is 13.4. The van der Waals surface area contributed by atoms with Gasteiger partial charge < -0.3 is 30.1 Å². The van der Waals surface area contributed by atoms with Crippen molar-refractivity contribution in [1.82, 2.24) is 29.9 Å².